The molecule has 21 heavy (non-hydrogen) atoms. The van der Waals surface area contributed by atoms with Gasteiger partial charge in [0.25, 0.3) is 0 Å². The van der Waals surface area contributed by atoms with Gasteiger partial charge in [-0.25, -0.2) is 0 Å². The van der Waals surface area contributed by atoms with E-state index in [1.54, 1.807) is 7.11 Å². The second-order valence-electron chi connectivity index (χ2n) is 5.78. The lowest BCUT2D eigenvalue weighted by molar-refractivity contribution is -0.122. The molecule has 1 amide bonds. The van der Waals surface area contributed by atoms with Gasteiger partial charge in [0, 0.05) is 12.0 Å². The average Bonchev–Trinajstić information content (AvgIpc) is 2.53. The van der Waals surface area contributed by atoms with Crippen molar-refractivity contribution in [2.24, 2.45) is 5.92 Å². The summed E-state index contributed by atoms with van der Waals surface area (Å²) < 4.78 is 5.34. The number of hydrogen-bond donors (Lipinski definition) is 2. The molecule has 2 unspecified atom stereocenters. The highest BCUT2D eigenvalue weighted by Gasteiger charge is 2.17. The van der Waals surface area contributed by atoms with Crippen LogP contribution < -0.4 is 15.4 Å². The minimum atomic E-state index is -0.0295. The minimum Gasteiger partial charge on any atom is -0.496 e. The largest absolute Gasteiger partial charge is 0.496 e. The van der Waals surface area contributed by atoms with Gasteiger partial charge in [-0.2, -0.15) is 0 Å². The predicted molar refractivity (Wildman–Crippen MR) is 84.4 cm³/mol. The maximum Gasteiger partial charge on any atom is 0.220 e. The predicted octanol–water partition coefficient (Wildman–Crippen LogP) is 2.65. The molecule has 1 heterocycles. The minimum absolute atomic E-state index is 0.0295. The van der Waals surface area contributed by atoms with Gasteiger partial charge < -0.3 is 15.4 Å². The second-order valence-corrected chi connectivity index (χ2v) is 5.78. The molecule has 0 aromatic heterocycles. The van der Waals surface area contributed by atoms with E-state index >= 15 is 0 Å². The van der Waals surface area contributed by atoms with E-state index in [4.69, 9.17) is 4.74 Å². The van der Waals surface area contributed by atoms with Gasteiger partial charge in [-0.3, -0.25) is 4.79 Å². The molecular formula is C17H26N2O2. The number of para-hydroxylation sites is 1. The van der Waals surface area contributed by atoms with E-state index in [1.165, 1.54) is 12.8 Å². The molecule has 4 nitrogen and oxygen atoms in total. The summed E-state index contributed by atoms with van der Waals surface area (Å²) in [7, 11) is 1.66. The molecule has 2 rings (SSSR count). The van der Waals surface area contributed by atoms with E-state index in [1.807, 2.05) is 31.2 Å². The average molecular weight is 290 g/mol. The summed E-state index contributed by atoms with van der Waals surface area (Å²) in [6, 6.07) is 7.79. The maximum atomic E-state index is 12.1. The Kier molecular flexibility index (Phi) is 6.05. The van der Waals surface area contributed by atoms with Gasteiger partial charge in [-0.15, -0.1) is 0 Å². The quantitative estimate of drug-likeness (QED) is 0.847. The lowest BCUT2D eigenvalue weighted by atomic mass is 9.94. The fourth-order valence-electron chi connectivity index (χ4n) is 2.92. The summed E-state index contributed by atoms with van der Waals surface area (Å²) in [6.07, 6.45) is 4.04. The molecule has 1 saturated heterocycles. The van der Waals surface area contributed by atoms with Crippen LogP contribution in [-0.2, 0) is 4.79 Å². The van der Waals surface area contributed by atoms with E-state index in [9.17, 15) is 4.79 Å². The smallest absolute Gasteiger partial charge is 0.220 e. The molecule has 0 aliphatic carbocycles. The Morgan fingerprint density at radius 1 is 1.48 bits per heavy atom. The fourth-order valence-corrected chi connectivity index (χ4v) is 2.92. The van der Waals surface area contributed by atoms with Crippen molar-refractivity contribution in [1.29, 1.82) is 0 Å². The zero-order chi connectivity index (χ0) is 15.1. The Balaban J connectivity index is 1.81. The van der Waals surface area contributed by atoms with Crippen LogP contribution >= 0.6 is 0 Å². The van der Waals surface area contributed by atoms with Crippen LogP contribution in [0, 0.1) is 5.92 Å². The first-order chi connectivity index (χ1) is 10.2. The molecule has 116 valence electrons. The first-order valence-corrected chi connectivity index (χ1v) is 7.83. The highest BCUT2D eigenvalue weighted by atomic mass is 16.5. The van der Waals surface area contributed by atoms with E-state index in [-0.39, 0.29) is 11.9 Å². The van der Waals surface area contributed by atoms with Gasteiger partial charge in [0.05, 0.1) is 13.2 Å². The van der Waals surface area contributed by atoms with Crippen molar-refractivity contribution in [1.82, 2.24) is 10.6 Å². The number of carbonyl (C=O) groups is 1. The highest BCUT2D eigenvalue weighted by molar-refractivity contribution is 5.76. The van der Waals surface area contributed by atoms with Crippen LogP contribution in [0.4, 0.5) is 0 Å². The zero-order valence-corrected chi connectivity index (χ0v) is 13.0. The van der Waals surface area contributed by atoms with Crippen molar-refractivity contribution in [2.45, 2.75) is 38.6 Å². The first-order valence-electron chi connectivity index (χ1n) is 7.83. The summed E-state index contributed by atoms with van der Waals surface area (Å²) in [5.74, 6) is 1.59. The standard InChI is InChI=1S/C17H26N2O2/c1-13(15-7-3-4-8-16(15)21-2)19-17(20)10-9-14-6-5-11-18-12-14/h3-4,7-8,13-14,18H,5-6,9-12H2,1-2H3,(H,19,20). The van der Waals surface area contributed by atoms with Crippen molar-refractivity contribution in [3.8, 4) is 5.75 Å². The first kappa shape index (κ1) is 15.8. The van der Waals surface area contributed by atoms with E-state index in [0.717, 1.165) is 30.8 Å². The number of piperidine rings is 1. The summed E-state index contributed by atoms with van der Waals surface area (Å²) in [4.78, 5) is 12.1. The maximum absolute atomic E-state index is 12.1. The van der Waals surface area contributed by atoms with Crippen LogP contribution in [0.5, 0.6) is 5.75 Å². The number of rotatable bonds is 6. The molecular weight excluding hydrogens is 264 g/mol. The van der Waals surface area contributed by atoms with Crippen molar-refractivity contribution in [3.05, 3.63) is 29.8 Å². The summed E-state index contributed by atoms with van der Waals surface area (Å²) in [5.41, 5.74) is 1.02. The number of benzene rings is 1. The molecule has 0 spiro atoms. The number of carbonyl (C=O) groups excluding carboxylic acids is 1. The van der Waals surface area contributed by atoms with Crippen LogP contribution in [0.1, 0.15) is 44.2 Å². The molecule has 1 aliphatic heterocycles. The summed E-state index contributed by atoms with van der Waals surface area (Å²) in [5, 5.41) is 6.46. The van der Waals surface area contributed by atoms with Gasteiger partial charge in [0.15, 0.2) is 0 Å². The number of nitrogens with one attached hydrogen (secondary N) is 2. The van der Waals surface area contributed by atoms with Crippen LogP contribution in [0.15, 0.2) is 24.3 Å². The van der Waals surface area contributed by atoms with Crippen molar-refractivity contribution in [2.75, 3.05) is 20.2 Å². The second kappa shape index (κ2) is 8.03. The molecule has 1 aromatic rings. The topological polar surface area (TPSA) is 50.4 Å². The molecule has 2 N–H and O–H groups in total. The third-order valence-electron chi connectivity index (χ3n) is 4.16. The molecule has 1 fully saturated rings. The number of methoxy groups -OCH3 is 1. The summed E-state index contributed by atoms with van der Waals surface area (Å²) in [6.45, 7) is 4.17. The number of amides is 1. The van der Waals surface area contributed by atoms with Crippen LogP contribution in [-0.4, -0.2) is 26.1 Å². The van der Waals surface area contributed by atoms with Crippen molar-refractivity contribution < 1.29 is 9.53 Å². The lowest BCUT2D eigenvalue weighted by Gasteiger charge is -2.23. The Labute approximate surface area is 127 Å². The Morgan fingerprint density at radius 2 is 2.29 bits per heavy atom. The molecule has 0 radical (unpaired) electrons. The Hall–Kier alpha value is -1.55. The molecule has 0 saturated carbocycles. The van der Waals surface area contributed by atoms with Crippen LogP contribution in [0.3, 0.4) is 0 Å². The van der Waals surface area contributed by atoms with E-state index in [0.29, 0.717) is 12.3 Å². The third-order valence-corrected chi connectivity index (χ3v) is 4.16. The van der Waals surface area contributed by atoms with Gasteiger partial charge in [-0.1, -0.05) is 18.2 Å². The van der Waals surface area contributed by atoms with Crippen molar-refractivity contribution in [3.63, 3.8) is 0 Å². The molecule has 1 aromatic carbocycles. The molecule has 0 bridgehead atoms. The van der Waals surface area contributed by atoms with E-state index < -0.39 is 0 Å². The molecule has 1 aliphatic rings. The van der Waals surface area contributed by atoms with Gasteiger partial charge >= 0.3 is 0 Å². The SMILES string of the molecule is COc1ccccc1C(C)NC(=O)CCC1CCCNC1. The Bertz CT molecular complexity index is 456. The summed E-state index contributed by atoms with van der Waals surface area (Å²) >= 11 is 0. The van der Waals surface area contributed by atoms with E-state index in [2.05, 4.69) is 10.6 Å². The molecule has 2 atom stereocenters. The van der Waals surface area contributed by atoms with Crippen LogP contribution in [0.25, 0.3) is 0 Å². The lowest BCUT2D eigenvalue weighted by Crippen LogP contribution is -2.32. The van der Waals surface area contributed by atoms with Crippen LogP contribution in [0.2, 0.25) is 0 Å². The highest BCUT2D eigenvalue weighted by Crippen LogP contribution is 2.24. The van der Waals surface area contributed by atoms with Gasteiger partial charge in [0.1, 0.15) is 5.75 Å². The monoisotopic (exact) mass is 290 g/mol. The number of ether oxygens (including phenoxy) is 1. The van der Waals surface area contributed by atoms with Gasteiger partial charge in [-0.05, 0) is 51.3 Å². The van der Waals surface area contributed by atoms with Gasteiger partial charge in [0.2, 0.25) is 5.91 Å². The zero-order valence-electron chi connectivity index (χ0n) is 13.0. The molecule has 4 heteroatoms. The normalized spacial score (nSPS) is 19.8. The van der Waals surface area contributed by atoms with Crippen molar-refractivity contribution >= 4 is 5.91 Å². The third kappa shape index (κ3) is 4.74. The fraction of sp³-hybridized carbons (Fsp3) is 0.588. The Morgan fingerprint density at radius 3 is 3.00 bits per heavy atom. The number of hydrogen-bond acceptors (Lipinski definition) is 3.